The molecule has 3 aromatic carbocycles. The molecular weight excluding hydrogens is 394 g/mol. The third-order valence-electron chi connectivity index (χ3n) is 5.39. The summed E-state index contributed by atoms with van der Waals surface area (Å²) in [6, 6.07) is 19.5. The van der Waals surface area contributed by atoms with Gasteiger partial charge in [-0.05, 0) is 57.0 Å². The molecule has 0 bridgehead atoms. The molecule has 152 valence electrons. The number of anilines is 1. The van der Waals surface area contributed by atoms with Gasteiger partial charge in [0.25, 0.3) is 0 Å². The highest BCUT2D eigenvalue weighted by Gasteiger charge is 2.19. The fraction of sp³-hybridized carbons (Fsp3) is 0.192. The number of fused-ring (bicyclic) bond motifs is 1. The van der Waals surface area contributed by atoms with Crippen molar-refractivity contribution in [2.24, 2.45) is 0 Å². The number of halogens is 1. The van der Waals surface area contributed by atoms with Crippen molar-refractivity contribution in [3.8, 4) is 11.3 Å². The summed E-state index contributed by atoms with van der Waals surface area (Å²) in [6.07, 6.45) is 0. The van der Waals surface area contributed by atoms with Crippen LogP contribution in [0.5, 0.6) is 0 Å². The van der Waals surface area contributed by atoms with E-state index in [1.54, 1.807) is 0 Å². The van der Waals surface area contributed by atoms with Crippen LogP contribution in [0.1, 0.15) is 35.2 Å². The summed E-state index contributed by atoms with van der Waals surface area (Å²) in [7, 11) is 0. The number of nitrogens with one attached hydrogen (secondary N) is 1. The van der Waals surface area contributed by atoms with E-state index >= 15 is 0 Å². The normalized spacial score (nSPS) is 12.2. The molecule has 3 nitrogen and oxygen atoms in total. The smallest absolute Gasteiger partial charge is 0.196 e. The summed E-state index contributed by atoms with van der Waals surface area (Å²) in [4.78, 5) is 13.2. The van der Waals surface area contributed by atoms with Gasteiger partial charge in [0.05, 0.1) is 22.1 Å². The minimum atomic E-state index is -0.109. The van der Waals surface area contributed by atoms with Crippen LogP contribution in [-0.4, -0.2) is 0 Å². The third-order valence-corrected chi connectivity index (χ3v) is 5.70. The minimum absolute atomic E-state index is 0.000575. The lowest BCUT2D eigenvalue weighted by molar-refractivity contribution is 0.605. The molecule has 4 heteroatoms. The predicted molar refractivity (Wildman–Crippen MR) is 126 cm³/mol. The molecule has 4 rings (SSSR count). The monoisotopic (exact) mass is 417 g/mol. The van der Waals surface area contributed by atoms with Crippen LogP contribution < -0.4 is 10.7 Å². The van der Waals surface area contributed by atoms with Gasteiger partial charge in [-0.15, -0.1) is 0 Å². The van der Waals surface area contributed by atoms with Crippen LogP contribution in [0.15, 0.2) is 69.9 Å². The van der Waals surface area contributed by atoms with Crippen molar-refractivity contribution in [1.82, 2.24) is 0 Å². The molecule has 0 fully saturated rings. The minimum Gasteiger partial charge on any atom is -0.455 e. The van der Waals surface area contributed by atoms with Crippen molar-refractivity contribution in [1.29, 1.82) is 0 Å². The van der Waals surface area contributed by atoms with Crippen LogP contribution in [-0.2, 0) is 0 Å². The van der Waals surface area contributed by atoms with Crippen molar-refractivity contribution in [3.63, 3.8) is 0 Å². The van der Waals surface area contributed by atoms with Crippen molar-refractivity contribution in [2.75, 3.05) is 5.32 Å². The van der Waals surface area contributed by atoms with Gasteiger partial charge in [-0.3, -0.25) is 4.79 Å². The molecule has 0 aliphatic rings. The molecule has 0 saturated heterocycles. The zero-order valence-corrected chi connectivity index (χ0v) is 18.3. The molecule has 1 atom stereocenters. The van der Waals surface area contributed by atoms with Crippen molar-refractivity contribution < 1.29 is 4.42 Å². The lowest BCUT2D eigenvalue weighted by Gasteiger charge is -2.19. The highest BCUT2D eigenvalue weighted by Crippen LogP contribution is 2.33. The number of rotatable bonds is 4. The first-order valence-corrected chi connectivity index (χ1v) is 10.4. The Morgan fingerprint density at radius 3 is 2.37 bits per heavy atom. The number of hydrogen-bond acceptors (Lipinski definition) is 3. The second-order valence-corrected chi connectivity index (χ2v) is 8.24. The summed E-state index contributed by atoms with van der Waals surface area (Å²) in [5.74, 6) is 0.610. The van der Waals surface area contributed by atoms with Crippen molar-refractivity contribution in [3.05, 3.63) is 98.2 Å². The standard InChI is InChI=1S/C26H24ClNO2/c1-15-10-11-23(22(27)14-15)28-18(4)20-12-16(2)13-21-24(29)17(3)25(30-26(20)21)19-8-6-5-7-9-19/h5-14,18,28H,1-4H3. The highest BCUT2D eigenvalue weighted by molar-refractivity contribution is 6.33. The van der Waals surface area contributed by atoms with Crippen LogP contribution >= 0.6 is 11.6 Å². The fourth-order valence-electron chi connectivity index (χ4n) is 3.80. The molecule has 4 aromatic rings. The Kier molecular flexibility index (Phi) is 5.40. The first-order chi connectivity index (χ1) is 14.3. The van der Waals surface area contributed by atoms with Crippen molar-refractivity contribution in [2.45, 2.75) is 33.7 Å². The van der Waals surface area contributed by atoms with E-state index in [4.69, 9.17) is 16.0 Å². The Labute approximate surface area is 181 Å². The van der Waals surface area contributed by atoms with E-state index in [9.17, 15) is 4.79 Å². The second kappa shape index (κ2) is 8.00. The Balaban J connectivity index is 1.89. The Bertz CT molecular complexity index is 1290. The molecule has 1 unspecified atom stereocenters. The van der Waals surface area contributed by atoms with Gasteiger partial charge in [0.1, 0.15) is 11.3 Å². The SMILES string of the molecule is Cc1ccc(NC(C)c2cc(C)cc3c(=O)c(C)c(-c4ccccc4)oc23)c(Cl)c1. The van der Waals surface area contributed by atoms with E-state index in [2.05, 4.69) is 11.4 Å². The molecule has 1 aromatic heterocycles. The topological polar surface area (TPSA) is 42.2 Å². The Hall–Kier alpha value is -3.04. The average Bonchev–Trinajstić information content (AvgIpc) is 2.73. The summed E-state index contributed by atoms with van der Waals surface area (Å²) in [5, 5.41) is 4.74. The molecule has 0 saturated carbocycles. The van der Waals surface area contributed by atoms with Gasteiger partial charge in [0, 0.05) is 16.7 Å². The van der Waals surface area contributed by atoms with Gasteiger partial charge in [-0.1, -0.05) is 54.1 Å². The first-order valence-electron chi connectivity index (χ1n) is 10.0. The quantitative estimate of drug-likeness (QED) is 0.381. The Morgan fingerprint density at radius 1 is 0.933 bits per heavy atom. The number of benzene rings is 3. The lowest BCUT2D eigenvalue weighted by Crippen LogP contribution is -2.12. The number of aryl methyl sites for hydroxylation is 2. The first kappa shape index (κ1) is 20.2. The van der Waals surface area contributed by atoms with Gasteiger partial charge in [0.2, 0.25) is 0 Å². The van der Waals surface area contributed by atoms with E-state index in [-0.39, 0.29) is 11.5 Å². The molecule has 0 spiro atoms. The van der Waals surface area contributed by atoms with E-state index < -0.39 is 0 Å². The predicted octanol–water partition coefficient (Wildman–Crippen LogP) is 7.21. The molecule has 1 N–H and O–H groups in total. The number of hydrogen-bond donors (Lipinski definition) is 1. The van der Waals surface area contributed by atoms with Crippen LogP contribution in [0, 0.1) is 20.8 Å². The summed E-state index contributed by atoms with van der Waals surface area (Å²) in [6.45, 7) is 7.87. The van der Waals surface area contributed by atoms with E-state index in [1.807, 2.05) is 82.3 Å². The second-order valence-electron chi connectivity index (χ2n) is 7.83. The molecule has 1 heterocycles. The summed E-state index contributed by atoms with van der Waals surface area (Å²) in [5.41, 5.74) is 6.01. The largest absolute Gasteiger partial charge is 0.455 e. The van der Waals surface area contributed by atoms with E-state index in [1.165, 1.54) is 0 Å². The van der Waals surface area contributed by atoms with Crippen molar-refractivity contribution >= 4 is 28.3 Å². The van der Waals surface area contributed by atoms with Crippen LogP contribution in [0.2, 0.25) is 5.02 Å². The van der Waals surface area contributed by atoms with Crippen LogP contribution in [0.25, 0.3) is 22.3 Å². The lowest BCUT2D eigenvalue weighted by atomic mass is 9.98. The van der Waals surface area contributed by atoms with E-state index in [0.717, 1.165) is 27.9 Å². The fourth-order valence-corrected chi connectivity index (χ4v) is 4.09. The van der Waals surface area contributed by atoms with E-state index in [0.29, 0.717) is 27.3 Å². The van der Waals surface area contributed by atoms with Gasteiger partial charge < -0.3 is 9.73 Å². The summed E-state index contributed by atoms with van der Waals surface area (Å²) < 4.78 is 6.38. The molecule has 0 aliphatic heterocycles. The summed E-state index contributed by atoms with van der Waals surface area (Å²) >= 11 is 6.43. The molecule has 0 amide bonds. The molecule has 0 radical (unpaired) electrons. The van der Waals surface area contributed by atoms with Gasteiger partial charge >= 0.3 is 0 Å². The molecule has 0 aliphatic carbocycles. The Morgan fingerprint density at radius 2 is 1.67 bits per heavy atom. The van der Waals surface area contributed by atoms with Crippen LogP contribution in [0.3, 0.4) is 0 Å². The maximum absolute atomic E-state index is 13.2. The highest BCUT2D eigenvalue weighted by atomic mass is 35.5. The van der Waals surface area contributed by atoms with Gasteiger partial charge in [0.15, 0.2) is 5.43 Å². The van der Waals surface area contributed by atoms with Crippen LogP contribution in [0.4, 0.5) is 5.69 Å². The zero-order valence-electron chi connectivity index (χ0n) is 17.5. The maximum Gasteiger partial charge on any atom is 0.196 e. The zero-order chi connectivity index (χ0) is 21.4. The van der Waals surface area contributed by atoms with Gasteiger partial charge in [-0.25, -0.2) is 0 Å². The average molecular weight is 418 g/mol. The maximum atomic E-state index is 13.2. The third kappa shape index (κ3) is 3.73. The van der Waals surface area contributed by atoms with Gasteiger partial charge in [-0.2, -0.15) is 0 Å². The molecular formula is C26H24ClNO2. The molecule has 30 heavy (non-hydrogen) atoms.